The summed E-state index contributed by atoms with van der Waals surface area (Å²) in [5.41, 5.74) is 0.701. The van der Waals surface area contributed by atoms with Gasteiger partial charge in [-0.2, -0.15) is 5.10 Å². The van der Waals surface area contributed by atoms with Crippen molar-refractivity contribution in [3.8, 4) is 0 Å². The number of fused-ring (bicyclic) bond motifs is 3. The lowest BCUT2D eigenvalue weighted by Gasteiger charge is -2.21. The van der Waals surface area contributed by atoms with Gasteiger partial charge in [0.25, 0.3) is 0 Å². The van der Waals surface area contributed by atoms with Crippen molar-refractivity contribution in [3.63, 3.8) is 0 Å². The van der Waals surface area contributed by atoms with Gasteiger partial charge < -0.3 is 5.32 Å². The molecule has 4 rings (SSSR count). The third-order valence-corrected chi connectivity index (χ3v) is 6.03. The average Bonchev–Trinajstić information content (AvgIpc) is 3.25. The lowest BCUT2D eigenvalue weighted by Crippen LogP contribution is -2.28. The molecule has 0 spiro atoms. The summed E-state index contributed by atoms with van der Waals surface area (Å²) in [6, 6.07) is 7.40. The van der Waals surface area contributed by atoms with Crippen molar-refractivity contribution in [2.45, 2.75) is 45.1 Å². The standard InChI is InChI=1S/C20H25N3O2/c24-19-13-22-23(18-4-2-1-3-17(18)19)10-8-20(25)21-9-7-16-12-14-5-6-15(16)11-14/h1-4,13-16H,5-12H2,(H,21,25)/t14-,15-,16-/m0/s1. The molecule has 1 amide bonds. The Kier molecular flexibility index (Phi) is 4.55. The number of aryl methyl sites for hydroxylation is 1. The first kappa shape index (κ1) is 16.3. The molecule has 2 saturated carbocycles. The molecule has 132 valence electrons. The van der Waals surface area contributed by atoms with Crippen molar-refractivity contribution in [1.82, 2.24) is 15.1 Å². The van der Waals surface area contributed by atoms with Gasteiger partial charge in [0.15, 0.2) is 0 Å². The van der Waals surface area contributed by atoms with Crippen molar-refractivity contribution in [1.29, 1.82) is 0 Å². The van der Waals surface area contributed by atoms with E-state index >= 15 is 0 Å². The molecule has 1 aromatic heterocycles. The molecule has 2 aromatic rings. The minimum Gasteiger partial charge on any atom is -0.356 e. The minimum atomic E-state index is -0.0813. The summed E-state index contributed by atoms with van der Waals surface area (Å²) in [4.78, 5) is 24.0. The van der Waals surface area contributed by atoms with Crippen LogP contribution in [0.3, 0.4) is 0 Å². The smallest absolute Gasteiger partial charge is 0.221 e. The van der Waals surface area contributed by atoms with E-state index in [0.29, 0.717) is 18.4 Å². The Bertz CT molecular complexity index is 829. The molecule has 2 fully saturated rings. The Balaban J connectivity index is 1.28. The fraction of sp³-hybridized carbons (Fsp3) is 0.550. The summed E-state index contributed by atoms with van der Waals surface area (Å²) in [5, 5.41) is 7.88. The predicted octanol–water partition coefficient (Wildman–Crippen LogP) is 2.73. The lowest BCUT2D eigenvalue weighted by atomic mass is 9.86. The maximum atomic E-state index is 12.1. The van der Waals surface area contributed by atoms with Gasteiger partial charge in [0.1, 0.15) is 0 Å². The highest BCUT2D eigenvalue weighted by Crippen LogP contribution is 2.49. The summed E-state index contributed by atoms with van der Waals surface area (Å²) >= 11 is 0. The third kappa shape index (κ3) is 3.46. The average molecular weight is 339 g/mol. The zero-order chi connectivity index (χ0) is 17.2. The number of para-hydroxylation sites is 1. The largest absolute Gasteiger partial charge is 0.356 e. The number of amides is 1. The van der Waals surface area contributed by atoms with Gasteiger partial charge in [0.2, 0.25) is 11.3 Å². The van der Waals surface area contributed by atoms with E-state index in [1.54, 1.807) is 10.7 Å². The van der Waals surface area contributed by atoms with E-state index < -0.39 is 0 Å². The number of carbonyl (C=O) groups excluding carboxylic acids is 1. The van der Waals surface area contributed by atoms with Crippen molar-refractivity contribution in [2.75, 3.05) is 6.54 Å². The number of aromatic nitrogens is 2. The topological polar surface area (TPSA) is 64.0 Å². The van der Waals surface area contributed by atoms with Gasteiger partial charge in [-0.05, 0) is 55.6 Å². The van der Waals surface area contributed by atoms with Crippen LogP contribution >= 0.6 is 0 Å². The summed E-state index contributed by atoms with van der Waals surface area (Å²) in [6.45, 7) is 1.27. The number of benzene rings is 1. The maximum absolute atomic E-state index is 12.1. The highest BCUT2D eigenvalue weighted by molar-refractivity contribution is 5.79. The Morgan fingerprint density at radius 3 is 2.92 bits per heavy atom. The second-order valence-electron chi connectivity index (χ2n) is 7.57. The molecule has 1 heterocycles. The minimum absolute atomic E-state index is 0.0627. The summed E-state index contributed by atoms with van der Waals surface area (Å²) in [5.74, 6) is 2.76. The van der Waals surface area contributed by atoms with E-state index in [-0.39, 0.29) is 11.3 Å². The molecule has 2 aliphatic rings. The fourth-order valence-corrected chi connectivity index (χ4v) is 4.76. The summed E-state index contributed by atoms with van der Waals surface area (Å²) < 4.78 is 1.74. The highest BCUT2D eigenvalue weighted by Gasteiger charge is 2.38. The van der Waals surface area contributed by atoms with Gasteiger partial charge >= 0.3 is 0 Å². The van der Waals surface area contributed by atoms with Crippen LogP contribution in [0.4, 0.5) is 0 Å². The molecule has 1 aromatic carbocycles. The van der Waals surface area contributed by atoms with Crippen molar-refractivity contribution >= 4 is 16.8 Å². The van der Waals surface area contributed by atoms with E-state index in [4.69, 9.17) is 0 Å². The molecule has 0 radical (unpaired) electrons. The van der Waals surface area contributed by atoms with Crippen LogP contribution in [0.25, 0.3) is 10.9 Å². The van der Waals surface area contributed by atoms with E-state index in [1.807, 2.05) is 18.2 Å². The molecule has 0 unspecified atom stereocenters. The Labute approximate surface area is 147 Å². The van der Waals surface area contributed by atoms with E-state index in [1.165, 1.54) is 31.9 Å². The van der Waals surface area contributed by atoms with Crippen LogP contribution in [0.1, 0.15) is 38.5 Å². The monoisotopic (exact) mass is 339 g/mol. The molecule has 5 heteroatoms. The lowest BCUT2D eigenvalue weighted by molar-refractivity contribution is -0.121. The number of rotatable bonds is 6. The normalized spacial score (nSPS) is 24.7. The number of nitrogens with one attached hydrogen (secondary N) is 1. The molecule has 0 aliphatic heterocycles. The van der Waals surface area contributed by atoms with E-state index in [9.17, 15) is 9.59 Å². The predicted molar refractivity (Wildman–Crippen MR) is 97.2 cm³/mol. The SMILES string of the molecule is O=C(CCn1ncc(=O)c2ccccc21)NCC[C@H]1C[C@H]2CC[C@H]1C2. The summed E-state index contributed by atoms with van der Waals surface area (Å²) in [7, 11) is 0. The van der Waals surface area contributed by atoms with Gasteiger partial charge in [-0.25, -0.2) is 0 Å². The molecule has 2 bridgehead atoms. The molecular weight excluding hydrogens is 314 g/mol. The molecule has 2 aliphatic carbocycles. The van der Waals surface area contributed by atoms with Crippen LogP contribution in [0, 0.1) is 17.8 Å². The van der Waals surface area contributed by atoms with E-state index in [2.05, 4.69) is 10.4 Å². The molecule has 5 nitrogen and oxygen atoms in total. The number of carbonyl (C=O) groups is 1. The fourth-order valence-electron chi connectivity index (χ4n) is 4.76. The first-order chi connectivity index (χ1) is 12.2. The van der Waals surface area contributed by atoms with Crippen molar-refractivity contribution < 1.29 is 4.79 Å². The number of nitrogens with zero attached hydrogens (tertiary/aromatic N) is 2. The number of hydrogen-bond acceptors (Lipinski definition) is 3. The van der Waals surface area contributed by atoms with Crippen LogP contribution in [0.2, 0.25) is 0 Å². The first-order valence-corrected chi connectivity index (χ1v) is 9.42. The maximum Gasteiger partial charge on any atom is 0.221 e. The number of hydrogen-bond donors (Lipinski definition) is 1. The van der Waals surface area contributed by atoms with Gasteiger partial charge in [-0.1, -0.05) is 18.6 Å². The molecule has 0 saturated heterocycles. The van der Waals surface area contributed by atoms with Gasteiger partial charge in [0, 0.05) is 18.4 Å². The third-order valence-electron chi connectivity index (χ3n) is 6.03. The highest BCUT2D eigenvalue weighted by atomic mass is 16.1. The molecule has 1 N–H and O–H groups in total. The molecule has 3 atom stereocenters. The zero-order valence-electron chi connectivity index (χ0n) is 14.5. The zero-order valence-corrected chi connectivity index (χ0v) is 14.5. The second-order valence-corrected chi connectivity index (χ2v) is 7.57. The van der Waals surface area contributed by atoms with Crippen LogP contribution in [-0.2, 0) is 11.3 Å². The van der Waals surface area contributed by atoms with Crippen LogP contribution < -0.4 is 10.7 Å². The van der Waals surface area contributed by atoms with Gasteiger partial charge in [-0.3, -0.25) is 14.3 Å². The second kappa shape index (κ2) is 6.98. The Morgan fingerprint density at radius 2 is 2.12 bits per heavy atom. The first-order valence-electron chi connectivity index (χ1n) is 9.42. The Hall–Kier alpha value is -2.17. The van der Waals surface area contributed by atoms with Crippen molar-refractivity contribution in [3.05, 3.63) is 40.7 Å². The molecule has 25 heavy (non-hydrogen) atoms. The van der Waals surface area contributed by atoms with E-state index in [0.717, 1.165) is 36.2 Å². The van der Waals surface area contributed by atoms with Crippen LogP contribution in [0.15, 0.2) is 35.3 Å². The summed E-state index contributed by atoms with van der Waals surface area (Å²) in [6.07, 6.45) is 8.44. The van der Waals surface area contributed by atoms with Crippen molar-refractivity contribution in [2.24, 2.45) is 17.8 Å². The van der Waals surface area contributed by atoms with Crippen LogP contribution in [0.5, 0.6) is 0 Å². The van der Waals surface area contributed by atoms with Gasteiger partial charge in [0.05, 0.1) is 18.3 Å². The molecular formula is C20H25N3O2. The van der Waals surface area contributed by atoms with Crippen LogP contribution in [-0.4, -0.2) is 22.2 Å². The quantitative estimate of drug-likeness (QED) is 0.880. The van der Waals surface area contributed by atoms with Gasteiger partial charge in [-0.15, -0.1) is 0 Å². The Morgan fingerprint density at radius 1 is 1.24 bits per heavy atom.